The van der Waals surface area contributed by atoms with E-state index in [4.69, 9.17) is 0 Å². The van der Waals surface area contributed by atoms with E-state index in [2.05, 4.69) is 34.0 Å². The average Bonchev–Trinajstić information content (AvgIpc) is 2.95. The summed E-state index contributed by atoms with van der Waals surface area (Å²) >= 11 is 1.53. The van der Waals surface area contributed by atoms with E-state index in [1.807, 2.05) is 29.7 Å². The van der Waals surface area contributed by atoms with E-state index < -0.39 is 0 Å². The molecule has 114 valence electrons. The van der Waals surface area contributed by atoms with Crippen molar-refractivity contribution < 1.29 is 0 Å². The molecule has 0 spiro atoms. The molecule has 3 rings (SSSR count). The highest BCUT2D eigenvalue weighted by Gasteiger charge is 2.16. The normalized spacial score (nSPS) is 12.9. The molecule has 0 aliphatic heterocycles. The molecule has 0 bridgehead atoms. The van der Waals surface area contributed by atoms with Crippen LogP contribution in [0.2, 0.25) is 0 Å². The standard InChI is InChI=1S/C15H17N5OS/c1-9(2)20-8-16-19-15(20)22-10(3)13-17-12-7-5-4-6-11(12)14(21)18-13/h4-10H,1-3H3,(H,17,18,21)/t10-/m1/s1. The smallest absolute Gasteiger partial charge is 0.258 e. The number of para-hydroxylation sites is 1. The van der Waals surface area contributed by atoms with Crippen LogP contribution in [-0.2, 0) is 0 Å². The molecule has 6 nitrogen and oxygen atoms in total. The molecule has 0 aliphatic rings. The maximum absolute atomic E-state index is 12.1. The van der Waals surface area contributed by atoms with E-state index >= 15 is 0 Å². The molecule has 22 heavy (non-hydrogen) atoms. The average molecular weight is 315 g/mol. The van der Waals surface area contributed by atoms with Gasteiger partial charge in [-0.25, -0.2) is 4.98 Å². The van der Waals surface area contributed by atoms with Gasteiger partial charge in [0.15, 0.2) is 5.16 Å². The van der Waals surface area contributed by atoms with Gasteiger partial charge in [-0.05, 0) is 32.9 Å². The zero-order chi connectivity index (χ0) is 15.7. The second kappa shape index (κ2) is 5.92. The van der Waals surface area contributed by atoms with Crippen LogP contribution in [0.3, 0.4) is 0 Å². The summed E-state index contributed by atoms with van der Waals surface area (Å²) in [6, 6.07) is 7.63. The molecule has 1 aromatic carbocycles. The number of aromatic amines is 1. The Labute approximate surface area is 132 Å². The van der Waals surface area contributed by atoms with Crippen molar-refractivity contribution in [1.29, 1.82) is 0 Å². The van der Waals surface area contributed by atoms with Crippen molar-refractivity contribution in [3.05, 3.63) is 46.8 Å². The van der Waals surface area contributed by atoms with Gasteiger partial charge >= 0.3 is 0 Å². The molecule has 0 fully saturated rings. The Hall–Kier alpha value is -2.15. The molecule has 1 atom stereocenters. The van der Waals surface area contributed by atoms with Gasteiger partial charge in [0.2, 0.25) is 0 Å². The zero-order valence-corrected chi connectivity index (χ0v) is 13.5. The van der Waals surface area contributed by atoms with Crippen molar-refractivity contribution in [3.63, 3.8) is 0 Å². The number of aromatic nitrogens is 5. The third-order valence-corrected chi connectivity index (χ3v) is 4.48. The maximum atomic E-state index is 12.1. The number of hydrogen-bond acceptors (Lipinski definition) is 5. The van der Waals surface area contributed by atoms with Gasteiger partial charge in [0.25, 0.3) is 5.56 Å². The number of rotatable bonds is 4. The van der Waals surface area contributed by atoms with Crippen LogP contribution in [0.1, 0.15) is 37.9 Å². The summed E-state index contributed by atoms with van der Waals surface area (Å²) in [5, 5.41) is 9.50. The lowest BCUT2D eigenvalue weighted by atomic mass is 10.2. The van der Waals surface area contributed by atoms with Crippen molar-refractivity contribution in [2.45, 2.75) is 37.2 Å². The first-order chi connectivity index (χ1) is 10.6. The van der Waals surface area contributed by atoms with Crippen LogP contribution in [0.5, 0.6) is 0 Å². The Bertz CT molecular complexity index is 854. The molecular formula is C15H17N5OS. The van der Waals surface area contributed by atoms with Gasteiger partial charge < -0.3 is 9.55 Å². The number of hydrogen-bond donors (Lipinski definition) is 1. The second-order valence-electron chi connectivity index (χ2n) is 5.34. The minimum atomic E-state index is -0.113. The predicted molar refractivity (Wildman–Crippen MR) is 87.0 cm³/mol. The fourth-order valence-corrected chi connectivity index (χ4v) is 3.19. The fourth-order valence-electron chi connectivity index (χ4n) is 2.18. The van der Waals surface area contributed by atoms with Gasteiger partial charge in [-0.3, -0.25) is 4.79 Å². The molecule has 1 N–H and O–H groups in total. The summed E-state index contributed by atoms with van der Waals surface area (Å²) in [6.07, 6.45) is 1.72. The summed E-state index contributed by atoms with van der Waals surface area (Å²) in [6.45, 7) is 6.15. The number of benzene rings is 1. The first kappa shape index (κ1) is 14.8. The van der Waals surface area contributed by atoms with Crippen LogP contribution >= 0.6 is 11.8 Å². The van der Waals surface area contributed by atoms with E-state index in [-0.39, 0.29) is 16.9 Å². The number of thioether (sulfide) groups is 1. The van der Waals surface area contributed by atoms with Gasteiger partial charge in [0.1, 0.15) is 12.2 Å². The van der Waals surface area contributed by atoms with Crippen molar-refractivity contribution in [2.75, 3.05) is 0 Å². The number of nitrogens with one attached hydrogen (secondary N) is 1. The number of fused-ring (bicyclic) bond motifs is 1. The van der Waals surface area contributed by atoms with Crippen molar-refractivity contribution >= 4 is 22.7 Å². The lowest BCUT2D eigenvalue weighted by Crippen LogP contribution is -2.13. The summed E-state index contributed by atoms with van der Waals surface area (Å²) in [4.78, 5) is 19.6. The highest BCUT2D eigenvalue weighted by molar-refractivity contribution is 7.99. The molecule has 0 saturated heterocycles. The van der Waals surface area contributed by atoms with Crippen LogP contribution in [0, 0.1) is 0 Å². The molecule has 0 saturated carbocycles. The molecular weight excluding hydrogens is 298 g/mol. The highest BCUT2D eigenvalue weighted by atomic mass is 32.2. The molecule has 0 amide bonds. The fraction of sp³-hybridized carbons (Fsp3) is 0.333. The van der Waals surface area contributed by atoms with E-state index in [1.54, 1.807) is 12.4 Å². The maximum Gasteiger partial charge on any atom is 0.258 e. The summed E-state index contributed by atoms with van der Waals surface area (Å²) in [5.74, 6) is 0.645. The first-order valence-corrected chi connectivity index (χ1v) is 7.99. The molecule has 0 radical (unpaired) electrons. The second-order valence-corrected chi connectivity index (χ2v) is 6.65. The molecule has 0 aliphatic carbocycles. The van der Waals surface area contributed by atoms with Crippen LogP contribution < -0.4 is 5.56 Å². The minimum Gasteiger partial charge on any atom is -0.309 e. The van der Waals surface area contributed by atoms with Gasteiger partial charge in [0, 0.05) is 6.04 Å². The third kappa shape index (κ3) is 2.76. The zero-order valence-electron chi connectivity index (χ0n) is 12.6. The Balaban J connectivity index is 1.94. The molecule has 2 aromatic heterocycles. The minimum absolute atomic E-state index is 0.0287. The lowest BCUT2D eigenvalue weighted by molar-refractivity contribution is 0.548. The van der Waals surface area contributed by atoms with Crippen molar-refractivity contribution in [2.24, 2.45) is 0 Å². The summed E-state index contributed by atoms with van der Waals surface area (Å²) in [7, 11) is 0. The van der Waals surface area contributed by atoms with Crippen molar-refractivity contribution in [3.8, 4) is 0 Å². The van der Waals surface area contributed by atoms with Crippen LogP contribution in [0.4, 0.5) is 0 Å². The summed E-state index contributed by atoms with van der Waals surface area (Å²) < 4.78 is 2.00. The first-order valence-electron chi connectivity index (χ1n) is 7.11. The van der Waals surface area contributed by atoms with E-state index in [0.717, 1.165) is 5.16 Å². The predicted octanol–water partition coefficient (Wildman–Crippen LogP) is 2.95. The van der Waals surface area contributed by atoms with Crippen LogP contribution in [0.25, 0.3) is 10.9 Å². The quantitative estimate of drug-likeness (QED) is 0.749. The Morgan fingerprint density at radius 1 is 1.23 bits per heavy atom. The lowest BCUT2D eigenvalue weighted by Gasteiger charge is -2.13. The third-order valence-electron chi connectivity index (χ3n) is 3.39. The molecule has 7 heteroatoms. The Morgan fingerprint density at radius 3 is 2.77 bits per heavy atom. The number of nitrogens with zero attached hydrogens (tertiary/aromatic N) is 4. The van der Waals surface area contributed by atoms with Gasteiger partial charge in [-0.15, -0.1) is 10.2 Å². The van der Waals surface area contributed by atoms with Crippen LogP contribution in [0.15, 0.2) is 40.5 Å². The van der Waals surface area contributed by atoms with E-state index in [9.17, 15) is 4.79 Å². The van der Waals surface area contributed by atoms with Crippen LogP contribution in [-0.4, -0.2) is 24.7 Å². The molecule has 2 heterocycles. The molecule has 3 aromatic rings. The Morgan fingerprint density at radius 2 is 2.00 bits per heavy atom. The highest BCUT2D eigenvalue weighted by Crippen LogP contribution is 2.32. The van der Waals surface area contributed by atoms with E-state index in [1.165, 1.54) is 11.8 Å². The topological polar surface area (TPSA) is 76.5 Å². The SMILES string of the molecule is CC(C)n1cnnc1S[C@H](C)c1nc2ccccc2c(=O)[nH]1. The Kier molecular flexibility index (Phi) is 3.98. The van der Waals surface area contributed by atoms with Gasteiger partial charge in [-0.1, -0.05) is 23.9 Å². The van der Waals surface area contributed by atoms with Gasteiger partial charge in [-0.2, -0.15) is 0 Å². The largest absolute Gasteiger partial charge is 0.309 e. The molecule has 0 unspecified atom stereocenters. The van der Waals surface area contributed by atoms with Gasteiger partial charge in [0.05, 0.1) is 16.2 Å². The van der Waals surface area contributed by atoms with Crippen molar-refractivity contribution in [1.82, 2.24) is 24.7 Å². The summed E-state index contributed by atoms with van der Waals surface area (Å²) in [5.41, 5.74) is 0.595. The monoisotopic (exact) mass is 315 g/mol. The number of H-pyrrole nitrogens is 1. The van der Waals surface area contributed by atoms with E-state index in [0.29, 0.717) is 16.7 Å².